The Morgan fingerprint density at radius 2 is 2.37 bits per heavy atom. The van der Waals surface area contributed by atoms with E-state index in [1.807, 2.05) is 6.92 Å². The molecule has 1 atom stereocenters. The molecule has 104 valence electrons. The van der Waals surface area contributed by atoms with Crippen molar-refractivity contribution in [2.24, 2.45) is 5.92 Å². The second-order valence-corrected chi connectivity index (χ2v) is 5.30. The van der Waals surface area contributed by atoms with Gasteiger partial charge in [-0.25, -0.2) is 0 Å². The predicted molar refractivity (Wildman–Crippen MR) is 76.3 cm³/mol. The predicted octanol–water partition coefficient (Wildman–Crippen LogP) is 2.42. The minimum absolute atomic E-state index is 0.0515. The number of nitrogens with one attached hydrogen (secondary N) is 2. The normalized spacial score (nSPS) is 19.1. The van der Waals surface area contributed by atoms with Crippen LogP contribution in [0.4, 0.5) is 5.69 Å². The third kappa shape index (κ3) is 4.24. The highest BCUT2D eigenvalue weighted by atomic mass is 16.3. The number of amides is 1. The van der Waals surface area contributed by atoms with Gasteiger partial charge in [0.2, 0.25) is 5.91 Å². The smallest absolute Gasteiger partial charge is 0.224 e. The first-order chi connectivity index (χ1) is 9.15. The Kier molecular flexibility index (Phi) is 4.80. The average Bonchev–Trinajstić information content (AvgIpc) is 2.42. The number of carbonyl (C=O) groups is 1. The third-order valence-electron chi connectivity index (χ3n) is 3.66. The molecular formula is C15H22N2O2. The molecule has 0 aromatic heterocycles. The molecular weight excluding hydrogens is 240 g/mol. The molecule has 4 nitrogen and oxygen atoms in total. The van der Waals surface area contributed by atoms with Crippen LogP contribution in [0.25, 0.3) is 0 Å². The molecule has 1 unspecified atom stereocenters. The van der Waals surface area contributed by atoms with E-state index in [1.165, 1.54) is 12.8 Å². The maximum absolute atomic E-state index is 11.9. The summed E-state index contributed by atoms with van der Waals surface area (Å²) in [7, 11) is 0. The molecule has 1 aliphatic rings. The fourth-order valence-corrected chi connectivity index (χ4v) is 2.46. The quantitative estimate of drug-likeness (QED) is 0.730. The number of phenols is 1. The van der Waals surface area contributed by atoms with Gasteiger partial charge in [-0.2, -0.15) is 0 Å². The highest BCUT2D eigenvalue weighted by Crippen LogP contribution is 2.21. The van der Waals surface area contributed by atoms with Crippen LogP contribution in [-0.4, -0.2) is 24.1 Å². The number of benzene rings is 1. The van der Waals surface area contributed by atoms with Crippen LogP contribution in [0.2, 0.25) is 0 Å². The van der Waals surface area contributed by atoms with Crippen molar-refractivity contribution in [1.29, 1.82) is 0 Å². The molecule has 1 aromatic carbocycles. The van der Waals surface area contributed by atoms with Crippen LogP contribution in [0.5, 0.6) is 5.75 Å². The van der Waals surface area contributed by atoms with Crippen LogP contribution < -0.4 is 10.6 Å². The number of aromatic hydroxyl groups is 1. The summed E-state index contributed by atoms with van der Waals surface area (Å²) in [6, 6.07) is 5.12. The standard InChI is InChI=1S/C15H22N2O2/c1-11-9-13(5-6-14(11)18)17-15(19)7-4-12-3-2-8-16-10-12/h5-6,9,12,16,18H,2-4,7-8,10H2,1H3,(H,17,19). The van der Waals surface area contributed by atoms with Crippen molar-refractivity contribution < 1.29 is 9.90 Å². The van der Waals surface area contributed by atoms with E-state index in [0.717, 1.165) is 30.8 Å². The van der Waals surface area contributed by atoms with Gasteiger partial charge < -0.3 is 15.7 Å². The Balaban J connectivity index is 1.78. The number of piperidine rings is 1. The number of rotatable bonds is 4. The zero-order valence-electron chi connectivity index (χ0n) is 11.4. The summed E-state index contributed by atoms with van der Waals surface area (Å²) in [5, 5.41) is 15.7. The minimum Gasteiger partial charge on any atom is -0.508 e. The molecule has 0 radical (unpaired) electrons. The van der Waals surface area contributed by atoms with E-state index in [4.69, 9.17) is 0 Å². The van der Waals surface area contributed by atoms with Crippen LogP contribution in [0.3, 0.4) is 0 Å². The lowest BCUT2D eigenvalue weighted by molar-refractivity contribution is -0.116. The largest absolute Gasteiger partial charge is 0.508 e. The van der Waals surface area contributed by atoms with Crippen molar-refractivity contribution in [1.82, 2.24) is 5.32 Å². The molecule has 1 aromatic rings. The van der Waals surface area contributed by atoms with Crippen LogP contribution >= 0.6 is 0 Å². The summed E-state index contributed by atoms with van der Waals surface area (Å²) < 4.78 is 0. The average molecular weight is 262 g/mol. The zero-order valence-corrected chi connectivity index (χ0v) is 11.4. The molecule has 3 N–H and O–H groups in total. The van der Waals surface area contributed by atoms with E-state index in [9.17, 15) is 9.90 Å². The van der Waals surface area contributed by atoms with Gasteiger partial charge in [0.05, 0.1) is 0 Å². The van der Waals surface area contributed by atoms with Crippen LogP contribution in [0.15, 0.2) is 18.2 Å². The van der Waals surface area contributed by atoms with Crippen molar-refractivity contribution in [3.8, 4) is 5.75 Å². The lowest BCUT2D eigenvalue weighted by Crippen LogP contribution is -2.30. The van der Waals surface area contributed by atoms with Crippen LogP contribution in [0.1, 0.15) is 31.2 Å². The maximum atomic E-state index is 11.9. The van der Waals surface area contributed by atoms with Crippen LogP contribution in [-0.2, 0) is 4.79 Å². The minimum atomic E-state index is 0.0515. The van der Waals surface area contributed by atoms with E-state index >= 15 is 0 Å². The molecule has 1 saturated heterocycles. The van der Waals surface area contributed by atoms with Crippen molar-refractivity contribution in [3.05, 3.63) is 23.8 Å². The molecule has 1 fully saturated rings. The summed E-state index contributed by atoms with van der Waals surface area (Å²) in [6.45, 7) is 3.96. The van der Waals surface area contributed by atoms with Gasteiger partial charge in [0.15, 0.2) is 0 Å². The molecule has 2 rings (SSSR count). The zero-order chi connectivity index (χ0) is 13.7. The number of aryl methyl sites for hydroxylation is 1. The van der Waals surface area contributed by atoms with Gasteiger partial charge in [-0.1, -0.05) is 0 Å². The lowest BCUT2D eigenvalue weighted by Gasteiger charge is -2.22. The highest BCUT2D eigenvalue weighted by molar-refractivity contribution is 5.90. The number of anilines is 1. The van der Waals surface area contributed by atoms with Crippen LogP contribution in [0, 0.1) is 12.8 Å². The van der Waals surface area contributed by atoms with Gasteiger partial charge in [-0.3, -0.25) is 4.79 Å². The second-order valence-electron chi connectivity index (χ2n) is 5.30. The first-order valence-electron chi connectivity index (χ1n) is 6.95. The monoisotopic (exact) mass is 262 g/mol. The van der Waals surface area contributed by atoms with Crippen molar-refractivity contribution in [3.63, 3.8) is 0 Å². The lowest BCUT2D eigenvalue weighted by atomic mass is 9.94. The van der Waals surface area contributed by atoms with E-state index in [0.29, 0.717) is 12.3 Å². The van der Waals surface area contributed by atoms with E-state index < -0.39 is 0 Å². The number of carbonyl (C=O) groups excluding carboxylic acids is 1. The fourth-order valence-electron chi connectivity index (χ4n) is 2.46. The number of hydrogen-bond donors (Lipinski definition) is 3. The molecule has 1 amide bonds. The first kappa shape index (κ1) is 13.9. The number of hydrogen-bond acceptors (Lipinski definition) is 3. The summed E-state index contributed by atoms with van der Waals surface area (Å²) in [6.07, 6.45) is 3.93. The Morgan fingerprint density at radius 1 is 1.53 bits per heavy atom. The SMILES string of the molecule is Cc1cc(NC(=O)CCC2CCCNC2)ccc1O. The van der Waals surface area contributed by atoms with E-state index in [2.05, 4.69) is 10.6 Å². The second kappa shape index (κ2) is 6.57. The Morgan fingerprint density at radius 3 is 3.05 bits per heavy atom. The fraction of sp³-hybridized carbons (Fsp3) is 0.533. The summed E-state index contributed by atoms with van der Waals surface area (Å²) in [5.74, 6) is 0.933. The molecule has 0 saturated carbocycles. The molecule has 4 heteroatoms. The Hall–Kier alpha value is -1.55. The van der Waals surface area contributed by atoms with Gasteiger partial charge in [0, 0.05) is 12.1 Å². The van der Waals surface area contributed by atoms with Gasteiger partial charge >= 0.3 is 0 Å². The Labute approximate surface area is 114 Å². The van der Waals surface area contributed by atoms with E-state index in [1.54, 1.807) is 18.2 Å². The van der Waals surface area contributed by atoms with Crippen molar-refractivity contribution in [2.75, 3.05) is 18.4 Å². The van der Waals surface area contributed by atoms with E-state index in [-0.39, 0.29) is 11.7 Å². The topological polar surface area (TPSA) is 61.4 Å². The summed E-state index contributed by atoms with van der Waals surface area (Å²) in [5.41, 5.74) is 1.52. The van der Waals surface area contributed by atoms with Crippen molar-refractivity contribution >= 4 is 11.6 Å². The van der Waals surface area contributed by atoms with Gasteiger partial charge in [-0.05, 0) is 69.0 Å². The molecule has 0 bridgehead atoms. The molecule has 19 heavy (non-hydrogen) atoms. The van der Waals surface area contributed by atoms with Crippen molar-refractivity contribution in [2.45, 2.75) is 32.6 Å². The maximum Gasteiger partial charge on any atom is 0.224 e. The van der Waals surface area contributed by atoms with Gasteiger partial charge in [0.25, 0.3) is 0 Å². The molecule has 1 heterocycles. The Bertz CT molecular complexity index is 440. The first-order valence-corrected chi connectivity index (χ1v) is 6.95. The highest BCUT2D eigenvalue weighted by Gasteiger charge is 2.14. The number of phenolic OH excluding ortho intramolecular Hbond substituents is 1. The molecule has 0 aliphatic carbocycles. The van der Waals surface area contributed by atoms with Gasteiger partial charge in [0.1, 0.15) is 5.75 Å². The summed E-state index contributed by atoms with van der Waals surface area (Å²) in [4.78, 5) is 11.9. The molecule has 0 spiro atoms. The molecule has 1 aliphatic heterocycles. The third-order valence-corrected chi connectivity index (χ3v) is 3.66. The summed E-state index contributed by atoms with van der Waals surface area (Å²) >= 11 is 0. The van der Waals surface area contributed by atoms with Gasteiger partial charge in [-0.15, -0.1) is 0 Å².